The van der Waals surface area contributed by atoms with Crippen LogP contribution in [-0.2, 0) is 10.3 Å². The number of ether oxygens (including phenoxy) is 1. The molecule has 8 nitrogen and oxygen atoms in total. The topological polar surface area (TPSA) is 105 Å². The normalized spacial score (nSPS) is 22.0. The molecule has 1 aliphatic rings. The van der Waals surface area contributed by atoms with E-state index in [1.807, 2.05) is 0 Å². The van der Waals surface area contributed by atoms with E-state index in [9.17, 15) is 22.8 Å². The third-order valence-corrected chi connectivity index (χ3v) is 6.58. The van der Waals surface area contributed by atoms with Gasteiger partial charge in [-0.1, -0.05) is 13.8 Å². The Balaban J connectivity index is 1.75. The quantitative estimate of drug-likeness (QED) is 0.373. The summed E-state index contributed by atoms with van der Waals surface area (Å²) in [6.45, 7) is 6.04. The molecule has 1 unspecified atom stereocenters. The molecule has 0 radical (unpaired) electrons. The van der Waals surface area contributed by atoms with Gasteiger partial charge in [0.15, 0.2) is 0 Å². The number of imidazole rings is 1. The van der Waals surface area contributed by atoms with E-state index in [1.165, 1.54) is 24.3 Å². The lowest BCUT2D eigenvalue weighted by molar-refractivity contribution is -0.274. The summed E-state index contributed by atoms with van der Waals surface area (Å²) in [5.74, 6) is -0.603. The van der Waals surface area contributed by atoms with E-state index in [0.717, 1.165) is 19.3 Å². The van der Waals surface area contributed by atoms with Crippen molar-refractivity contribution in [2.24, 2.45) is 11.8 Å². The highest BCUT2D eigenvalue weighted by Gasteiger charge is 2.38. The van der Waals surface area contributed by atoms with Crippen LogP contribution in [0, 0.1) is 11.8 Å². The molecule has 3 N–H and O–H groups in total. The Bertz CT molecular complexity index is 1290. The molecular weight excluding hydrogens is 489 g/mol. The number of fused-ring (bicyclic) bond motifs is 1. The Labute approximate surface area is 211 Å². The Morgan fingerprint density at radius 3 is 2.38 bits per heavy atom. The van der Waals surface area contributed by atoms with Gasteiger partial charge in [-0.25, -0.2) is 4.98 Å². The lowest BCUT2D eigenvalue weighted by atomic mass is 9.72. The average Bonchev–Trinajstić information content (AvgIpc) is 3.14. The van der Waals surface area contributed by atoms with Crippen LogP contribution >= 0.6 is 0 Å². The zero-order valence-electron chi connectivity index (χ0n) is 20.7. The van der Waals surface area contributed by atoms with Gasteiger partial charge in [0.25, 0.3) is 5.91 Å². The van der Waals surface area contributed by atoms with Gasteiger partial charge in [0.05, 0.1) is 11.0 Å². The minimum Gasteiger partial charge on any atom is -0.480 e. The number of carbonyl (C=O) groups excluding carboxylic acids is 1. The number of hydrogen-bond donors (Lipinski definition) is 3. The summed E-state index contributed by atoms with van der Waals surface area (Å²) in [5.41, 5.74) is 1.79. The maximum atomic E-state index is 12.6. The van der Waals surface area contributed by atoms with Crippen molar-refractivity contribution in [1.82, 2.24) is 14.9 Å². The Kier molecular flexibility index (Phi) is 7.07. The predicted molar refractivity (Wildman–Crippen MR) is 132 cm³/mol. The first-order valence-corrected chi connectivity index (χ1v) is 12.0. The molecule has 11 heteroatoms. The fraction of sp³-hybridized carbons (Fsp3) is 0.423. The number of alkyl halides is 3. The number of aromatic nitrogens is 2. The van der Waals surface area contributed by atoms with Gasteiger partial charge in [-0.2, -0.15) is 0 Å². The van der Waals surface area contributed by atoms with Crippen molar-refractivity contribution >= 4 is 34.5 Å². The van der Waals surface area contributed by atoms with Crippen molar-refractivity contribution in [3.63, 3.8) is 0 Å². The molecule has 0 aliphatic heterocycles. The van der Waals surface area contributed by atoms with Gasteiger partial charge in [0.1, 0.15) is 12.3 Å². The van der Waals surface area contributed by atoms with Crippen molar-refractivity contribution < 1.29 is 32.6 Å². The summed E-state index contributed by atoms with van der Waals surface area (Å²) in [7, 11) is 0. The number of carboxylic acids is 1. The van der Waals surface area contributed by atoms with Gasteiger partial charge in [-0.3, -0.25) is 9.59 Å². The molecule has 0 saturated heterocycles. The first-order chi connectivity index (χ1) is 17.3. The van der Waals surface area contributed by atoms with Crippen LogP contribution in [-0.4, -0.2) is 39.4 Å². The molecule has 3 aromatic rings. The second kappa shape index (κ2) is 9.95. The molecule has 1 amide bonds. The minimum absolute atomic E-state index is 0.301. The maximum absolute atomic E-state index is 12.6. The zero-order chi connectivity index (χ0) is 27.0. The second-order valence-corrected chi connectivity index (χ2v) is 10.1. The maximum Gasteiger partial charge on any atom is 0.573 e. The monoisotopic (exact) mass is 518 g/mol. The first-order valence-electron chi connectivity index (χ1n) is 12.0. The van der Waals surface area contributed by atoms with Crippen molar-refractivity contribution in [3.05, 3.63) is 48.0 Å². The molecule has 1 saturated carbocycles. The molecular formula is C26H29F3N4O4. The predicted octanol–water partition coefficient (Wildman–Crippen LogP) is 5.66. The van der Waals surface area contributed by atoms with E-state index in [1.54, 1.807) is 18.2 Å². The van der Waals surface area contributed by atoms with Gasteiger partial charge in [-0.15, -0.1) is 13.2 Å². The third kappa shape index (κ3) is 6.15. The number of halogens is 3. The summed E-state index contributed by atoms with van der Waals surface area (Å²) in [5, 5.41) is 14.5. The van der Waals surface area contributed by atoms with E-state index in [0.29, 0.717) is 40.1 Å². The lowest BCUT2D eigenvalue weighted by Crippen LogP contribution is -2.38. The van der Waals surface area contributed by atoms with Crippen LogP contribution in [0.2, 0.25) is 0 Å². The largest absolute Gasteiger partial charge is 0.573 e. The highest BCUT2D eigenvalue weighted by molar-refractivity contribution is 5.99. The summed E-state index contributed by atoms with van der Waals surface area (Å²) in [6.07, 6.45) is -1.95. The van der Waals surface area contributed by atoms with Crippen LogP contribution < -0.4 is 15.4 Å². The molecule has 4 rings (SSSR count). The van der Waals surface area contributed by atoms with Crippen molar-refractivity contribution in [3.8, 4) is 5.75 Å². The number of hydrogen-bond acceptors (Lipinski definition) is 5. The Morgan fingerprint density at radius 2 is 1.78 bits per heavy atom. The van der Waals surface area contributed by atoms with E-state index in [-0.39, 0.29) is 11.3 Å². The summed E-state index contributed by atoms with van der Waals surface area (Å²) in [4.78, 5) is 28.2. The molecule has 198 valence electrons. The second-order valence-electron chi connectivity index (χ2n) is 10.1. The number of nitrogens with one attached hydrogen (secondary N) is 2. The summed E-state index contributed by atoms with van der Waals surface area (Å²) >= 11 is 0. The average molecular weight is 519 g/mol. The number of aliphatic carboxylic acids is 1. The molecule has 1 aliphatic carbocycles. The van der Waals surface area contributed by atoms with E-state index >= 15 is 0 Å². The number of amides is 1. The third-order valence-electron chi connectivity index (χ3n) is 6.58. The fourth-order valence-electron chi connectivity index (χ4n) is 5.59. The van der Waals surface area contributed by atoms with Gasteiger partial charge in [0.2, 0.25) is 5.95 Å². The van der Waals surface area contributed by atoms with Crippen LogP contribution in [0.1, 0.15) is 50.4 Å². The summed E-state index contributed by atoms with van der Waals surface area (Å²) < 4.78 is 43.6. The molecule has 1 aromatic heterocycles. The Morgan fingerprint density at radius 1 is 1.14 bits per heavy atom. The molecule has 1 heterocycles. The van der Waals surface area contributed by atoms with Crippen LogP contribution in [0.5, 0.6) is 5.75 Å². The van der Waals surface area contributed by atoms with E-state index in [2.05, 4.69) is 40.7 Å². The van der Waals surface area contributed by atoms with Crippen molar-refractivity contribution in [2.75, 3.05) is 11.9 Å². The number of carboxylic acid groups (broad SMARTS) is 1. The van der Waals surface area contributed by atoms with Gasteiger partial charge >= 0.3 is 12.3 Å². The van der Waals surface area contributed by atoms with Gasteiger partial charge in [0, 0.05) is 16.8 Å². The van der Waals surface area contributed by atoms with Crippen molar-refractivity contribution in [2.45, 2.75) is 51.9 Å². The van der Waals surface area contributed by atoms with Crippen LogP contribution in [0.4, 0.5) is 24.8 Å². The first kappa shape index (κ1) is 26.3. The summed E-state index contributed by atoms with van der Waals surface area (Å²) in [6, 6.07) is 10.4. The van der Waals surface area contributed by atoms with Gasteiger partial charge in [-0.05, 0) is 80.5 Å². The van der Waals surface area contributed by atoms with Gasteiger partial charge < -0.3 is 25.0 Å². The molecule has 1 fully saturated rings. The number of carbonyl (C=O) groups is 2. The van der Waals surface area contributed by atoms with Crippen LogP contribution in [0.3, 0.4) is 0 Å². The number of rotatable bonds is 7. The highest BCUT2D eigenvalue weighted by atomic mass is 19.4. The minimum atomic E-state index is -4.78. The van der Waals surface area contributed by atoms with E-state index in [4.69, 9.17) is 10.1 Å². The lowest BCUT2D eigenvalue weighted by Gasteiger charge is -2.42. The zero-order valence-corrected chi connectivity index (χ0v) is 20.7. The molecule has 3 atom stereocenters. The molecule has 0 bridgehead atoms. The Hall–Kier alpha value is -3.76. The highest BCUT2D eigenvalue weighted by Crippen LogP contribution is 2.44. The fourth-order valence-corrected chi connectivity index (χ4v) is 5.59. The number of anilines is 2. The number of nitrogens with zero attached hydrogens (tertiary/aromatic N) is 2. The smallest absolute Gasteiger partial charge is 0.480 e. The van der Waals surface area contributed by atoms with Crippen LogP contribution in [0.15, 0.2) is 42.5 Å². The number of benzene rings is 2. The molecule has 37 heavy (non-hydrogen) atoms. The standard InChI is InChI=1S/C26H29F3N4O4/c1-15-10-16(2)13-25(3,12-15)33-21-11-17(23(36)30-14-22(34)35)4-9-20(21)32-24(33)31-18-5-7-19(8-6-18)37-26(27,28)29/h4-9,11,15-16H,10,12-14H2,1-3H3,(H,30,36)(H,31,32)(H,34,35)/t15-,16?,25+/m0/s1. The van der Waals surface area contributed by atoms with Crippen molar-refractivity contribution in [1.29, 1.82) is 0 Å². The molecule has 2 aromatic carbocycles. The molecule has 0 spiro atoms. The van der Waals surface area contributed by atoms with E-state index < -0.39 is 24.8 Å². The SMILES string of the molecule is CC1C[C@H](C)C[C@@](C)(n2c(Nc3ccc(OC(F)(F)F)cc3)nc3ccc(C(=O)NCC(=O)O)cc32)C1. The van der Waals surface area contributed by atoms with Crippen LogP contribution in [0.25, 0.3) is 11.0 Å².